The number of guanidine groups is 1. The maximum atomic E-state index is 13.1. The summed E-state index contributed by atoms with van der Waals surface area (Å²) in [7, 11) is 1.53. The van der Waals surface area contributed by atoms with Gasteiger partial charge in [-0.2, -0.15) is 0 Å². The summed E-state index contributed by atoms with van der Waals surface area (Å²) in [5.41, 5.74) is 15.4. The van der Waals surface area contributed by atoms with Gasteiger partial charge in [0.25, 0.3) is 0 Å². The van der Waals surface area contributed by atoms with Crippen LogP contribution < -0.4 is 43.6 Å². The number of aliphatic imine (C=N–C) groups is 1. The predicted octanol–water partition coefficient (Wildman–Crippen LogP) is -1.84. The second-order valence-electron chi connectivity index (χ2n) is 9.34. The van der Waals surface area contributed by atoms with Crippen molar-refractivity contribution in [2.24, 2.45) is 22.4 Å². The lowest BCUT2D eigenvalue weighted by Crippen LogP contribution is -2.57. The molecule has 0 aliphatic carbocycles. The van der Waals surface area contributed by atoms with E-state index in [-0.39, 0.29) is 30.3 Å². The Morgan fingerprint density at radius 1 is 0.897 bits per heavy atom. The molecule has 0 saturated heterocycles. The molecule has 0 aromatic heterocycles. The average molecular weight is 575 g/mol. The topological polar surface area (TPSA) is 225 Å². The van der Waals surface area contributed by atoms with Gasteiger partial charge in [-0.25, -0.2) is 10.2 Å². The third kappa shape index (κ3) is 14.5. The molecule has 3 unspecified atom stereocenters. The highest BCUT2D eigenvalue weighted by molar-refractivity contribution is 7.99. The van der Waals surface area contributed by atoms with E-state index in [4.69, 9.17) is 11.5 Å². The number of primary amides is 1. The maximum Gasteiger partial charge on any atom is 0.333 e. The fourth-order valence-corrected chi connectivity index (χ4v) is 4.45. The Balaban J connectivity index is 5.20. The standard InChI is InChI=1S/C23H46N10O5S/c1-13(2)30-21(39-7)15(5)19(36)31-32-23(38)29-12-18(35)33(14(3)4)16(20(37)28-11-17(24)34)9-8-10-27-22(25)26-6/h13-16,21,30H,8-12H2,1-7H3,(H2,24,34)(H,28,37)(H,31,36)(H3,25,26,27)(H2,29,32,38). The van der Waals surface area contributed by atoms with Gasteiger partial charge in [-0.05, 0) is 46.8 Å². The molecule has 0 aliphatic rings. The Labute approximate surface area is 234 Å². The summed E-state index contributed by atoms with van der Waals surface area (Å²) in [6, 6.07) is -1.98. The average Bonchev–Trinajstić information content (AvgIpc) is 2.88. The smallest absolute Gasteiger partial charge is 0.333 e. The Bertz CT molecular complexity index is 855. The van der Waals surface area contributed by atoms with E-state index in [0.717, 1.165) is 0 Å². The van der Waals surface area contributed by atoms with Gasteiger partial charge in [-0.15, -0.1) is 11.8 Å². The van der Waals surface area contributed by atoms with Gasteiger partial charge < -0.3 is 37.6 Å². The highest BCUT2D eigenvalue weighted by Crippen LogP contribution is 2.15. The van der Waals surface area contributed by atoms with Crippen LogP contribution in [0.5, 0.6) is 0 Å². The third-order valence-corrected chi connectivity index (χ3v) is 6.49. The van der Waals surface area contributed by atoms with Gasteiger partial charge in [-0.3, -0.25) is 29.6 Å². The van der Waals surface area contributed by atoms with Crippen LogP contribution >= 0.6 is 11.8 Å². The van der Waals surface area contributed by atoms with Crippen LogP contribution in [0.15, 0.2) is 4.99 Å². The summed E-state index contributed by atoms with van der Waals surface area (Å²) in [6.07, 6.45) is 2.56. The fourth-order valence-electron chi connectivity index (χ4n) is 3.51. The minimum atomic E-state index is -0.944. The van der Waals surface area contributed by atoms with Crippen LogP contribution in [0.25, 0.3) is 0 Å². The number of carbonyl (C=O) groups is 5. The molecule has 0 fully saturated rings. The van der Waals surface area contributed by atoms with Crippen molar-refractivity contribution in [2.45, 2.75) is 71.0 Å². The van der Waals surface area contributed by atoms with Crippen molar-refractivity contribution in [1.29, 1.82) is 0 Å². The summed E-state index contributed by atoms with van der Waals surface area (Å²) < 4.78 is 0. The summed E-state index contributed by atoms with van der Waals surface area (Å²) in [5, 5.41) is 10.8. The van der Waals surface area contributed by atoms with Crippen LogP contribution in [0.4, 0.5) is 4.79 Å². The molecule has 0 spiro atoms. The zero-order valence-corrected chi connectivity index (χ0v) is 24.7. The number of hydrogen-bond donors (Lipinski definition) is 8. The predicted molar refractivity (Wildman–Crippen MR) is 152 cm³/mol. The van der Waals surface area contributed by atoms with Gasteiger partial charge in [-0.1, -0.05) is 6.92 Å². The summed E-state index contributed by atoms with van der Waals surface area (Å²) in [4.78, 5) is 67.0. The number of rotatable bonds is 16. The number of carbonyl (C=O) groups excluding carboxylic acids is 5. The van der Waals surface area contributed by atoms with Gasteiger partial charge in [0, 0.05) is 25.7 Å². The van der Waals surface area contributed by atoms with Gasteiger partial charge in [0.05, 0.1) is 24.4 Å². The highest BCUT2D eigenvalue weighted by atomic mass is 32.2. The lowest BCUT2D eigenvalue weighted by Gasteiger charge is -2.34. The monoisotopic (exact) mass is 574 g/mol. The molecule has 0 aliphatic heterocycles. The van der Waals surface area contributed by atoms with Crippen molar-refractivity contribution >= 4 is 47.4 Å². The molecule has 3 atom stereocenters. The lowest BCUT2D eigenvalue weighted by atomic mass is 10.1. The quantitative estimate of drug-likeness (QED) is 0.0340. The molecule has 0 rings (SSSR count). The third-order valence-electron chi connectivity index (χ3n) is 5.44. The number of nitrogens with one attached hydrogen (secondary N) is 6. The second-order valence-corrected chi connectivity index (χ2v) is 10.3. The van der Waals surface area contributed by atoms with Crippen LogP contribution in [-0.2, 0) is 19.2 Å². The van der Waals surface area contributed by atoms with Gasteiger partial charge in [0.2, 0.25) is 23.6 Å². The van der Waals surface area contributed by atoms with Crippen molar-refractivity contribution in [1.82, 2.24) is 37.0 Å². The summed E-state index contributed by atoms with van der Waals surface area (Å²) in [6.45, 7) is 8.69. The van der Waals surface area contributed by atoms with Crippen molar-refractivity contribution in [2.75, 3.05) is 32.9 Å². The first-order valence-electron chi connectivity index (χ1n) is 12.7. The zero-order valence-electron chi connectivity index (χ0n) is 23.9. The Morgan fingerprint density at radius 3 is 2.05 bits per heavy atom. The molecule has 0 bridgehead atoms. The second kappa shape index (κ2) is 18.9. The van der Waals surface area contributed by atoms with Crippen LogP contribution in [0.2, 0.25) is 0 Å². The molecule has 0 aromatic rings. The number of thioether (sulfide) groups is 1. The molecule has 39 heavy (non-hydrogen) atoms. The highest BCUT2D eigenvalue weighted by Gasteiger charge is 2.32. The van der Waals surface area contributed by atoms with E-state index in [2.05, 4.69) is 37.1 Å². The van der Waals surface area contributed by atoms with E-state index in [9.17, 15) is 24.0 Å². The van der Waals surface area contributed by atoms with Crippen LogP contribution in [0.3, 0.4) is 0 Å². The van der Waals surface area contributed by atoms with E-state index >= 15 is 0 Å². The number of nitrogens with zero attached hydrogens (tertiary/aromatic N) is 2. The van der Waals surface area contributed by atoms with E-state index in [1.54, 1.807) is 20.8 Å². The normalized spacial score (nSPS) is 13.7. The molecule has 0 radical (unpaired) electrons. The van der Waals surface area contributed by atoms with Crippen molar-refractivity contribution in [3.8, 4) is 0 Å². The van der Waals surface area contributed by atoms with Gasteiger partial charge >= 0.3 is 6.03 Å². The Hall–Kier alpha value is -3.27. The largest absolute Gasteiger partial charge is 0.370 e. The first kappa shape index (κ1) is 35.7. The molecule has 10 N–H and O–H groups in total. The first-order chi connectivity index (χ1) is 18.2. The van der Waals surface area contributed by atoms with E-state index in [1.165, 1.54) is 23.7 Å². The van der Waals surface area contributed by atoms with Crippen LogP contribution in [-0.4, -0.2) is 97.0 Å². The van der Waals surface area contributed by atoms with E-state index in [1.807, 2.05) is 20.1 Å². The molecule has 15 nitrogen and oxygen atoms in total. The minimum absolute atomic E-state index is 0.158. The first-order valence-corrected chi connectivity index (χ1v) is 14.0. The number of urea groups is 1. The molecule has 0 saturated carbocycles. The van der Waals surface area contributed by atoms with Crippen LogP contribution in [0, 0.1) is 5.92 Å². The maximum absolute atomic E-state index is 13.1. The van der Waals surface area contributed by atoms with Crippen LogP contribution in [0.1, 0.15) is 47.5 Å². The molecule has 16 heteroatoms. The molecule has 0 aromatic carbocycles. The Kier molecular flexibility index (Phi) is 17.3. The van der Waals surface area contributed by atoms with Gasteiger partial charge in [0.15, 0.2) is 5.96 Å². The van der Waals surface area contributed by atoms with Crippen molar-refractivity contribution < 1.29 is 24.0 Å². The van der Waals surface area contributed by atoms with Gasteiger partial charge in [0.1, 0.15) is 6.04 Å². The lowest BCUT2D eigenvalue weighted by molar-refractivity contribution is -0.142. The summed E-state index contributed by atoms with van der Waals surface area (Å²) >= 11 is 1.48. The number of nitrogens with two attached hydrogens (primary N) is 2. The minimum Gasteiger partial charge on any atom is -0.370 e. The molecular formula is C23H46N10O5S. The van der Waals surface area contributed by atoms with Crippen molar-refractivity contribution in [3.05, 3.63) is 0 Å². The Morgan fingerprint density at radius 2 is 1.54 bits per heavy atom. The number of amides is 6. The zero-order chi connectivity index (χ0) is 30.1. The SMILES string of the molecule is CN=C(N)NCCCC(C(=O)NCC(N)=O)N(C(=O)CNC(=O)NNC(=O)C(C)C(NC(C)C)SC)C(C)C. The van der Waals surface area contributed by atoms with Crippen molar-refractivity contribution in [3.63, 3.8) is 0 Å². The molecule has 6 amide bonds. The number of hydrogen-bond acceptors (Lipinski definition) is 8. The molecular weight excluding hydrogens is 528 g/mol. The molecule has 224 valence electrons. The molecule has 0 heterocycles. The fraction of sp³-hybridized carbons (Fsp3) is 0.739. The number of hydrazine groups is 1. The van der Waals surface area contributed by atoms with E-state index < -0.39 is 54.2 Å². The van der Waals surface area contributed by atoms with E-state index in [0.29, 0.717) is 13.0 Å². The summed E-state index contributed by atoms with van der Waals surface area (Å²) in [5.74, 6) is -2.44.